The Bertz CT molecular complexity index is 812. The summed E-state index contributed by atoms with van der Waals surface area (Å²) < 4.78 is 22.3. The minimum absolute atomic E-state index is 0.191. The summed E-state index contributed by atoms with van der Waals surface area (Å²) in [6.07, 6.45) is -0.443. The monoisotopic (exact) mass is 382 g/mol. The highest BCUT2D eigenvalue weighted by Crippen LogP contribution is 2.31. The first kappa shape index (κ1) is 18.8. The van der Waals surface area contributed by atoms with Crippen molar-refractivity contribution in [2.45, 2.75) is 52.0 Å². The van der Waals surface area contributed by atoms with Crippen molar-refractivity contribution >= 4 is 28.7 Å². The Morgan fingerprint density at radius 1 is 1.42 bits per heavy atom. The van der Waals surface area contributed by atoms with E-state index >= 15 is 0 Å². The molecule has 1 amide bonds. The highest BCUT2D eigenvalue weighted by molar-refractivity contribution is 6.31. The fourth-order valence-electron chi connectivity index (χ4n) is 2.85. The minimum atomic E-state index is -0.786. The Labute approximate surface area is 157 Å². The van der Waals surface area contributed by atoms with Gasteiger partial charge in [-0.3, -0.25) is 4.90 Å². The zero-order chi connectivity index (χ0) is 19.1. The van der Waals surface area contributed by atoms with Crippen LogP contribution in [0.3, 0.4) is 0 Å². The van der Waals surface area contributed by atoms with Gasteiger partial charge < -0.3 is 18.7 Å². The van der Waals surface area contributed by atoms with E-state index < -0.39 is 17.4 Å². The van der Waals surface area contributed by atoms with Crippen molar-refractivity contribution in [2.75, 3.05) is 13.2 Å². The summed E-state index contributed by atoms with van der Waals surface area (Å²) in [5.41, 5.74) is -0.803. The summed E-state index contributed by atoms with van der Waals surface area (Å²) in [6, 6.07) is 4.86. The van der Waals surface area contributed by atoms with Gasteiger partial charge in [0.1, 0.15) is 17.9 Å². The molecule has 0 spiro atoms. The maximum Gasteiger partial charge on any atom is 0.413 e. The molecule has 8 heteroatoms. The van der Waals surface area contributed by atoms with E-state index in [0.29, 0.717) is 28.5 Å². The number of carbonyl (C=O) groups excluding carboxylic acids is 1. The Balaban J connectivity index is 1.75. The first-order chi connectivity index (χ1) is 12.1. The topological polar surface area (TPSA) is 74.0 Å². The highest BCUT2D eigenvalue weighted by atomic mass is 35.5. The van der Waals surface area contributed by atoms with Gasteiger partial charge in [0.05, 0.1) is 18.0 Å². The first-order valence-corrected chi connectivity index (χ1v) is 8.79. The quantitative estimate of drug-likeness (QED) is 0.790. The molecule has 26 heavy (non-hydrogen) atoms. The SMILES string of the molecule is CC(C)(C)OC(=O)N1C(COc2noc3ccc(Cl)cc23)COC1(C)C. The number of carbonyl (C=O) groups is 1. The summed E-state index contributed by atoms with van der Waals surface area (Å²) in [4.78, 5) is 14.2. The number of ether oxygens (including phenoxy) is 3. The van der Waals surface area contributed by atoms with E-state index in [1.165, 1.54) is 0 Å². The lowest BCUT2D eigenvalue weighted by Crippen LogP contribution is -2.51. The van der Waals surface area contributed by atoms with E-state index in [-0.39, 0.29) is 12.6 Å². The van der Waals surface area contributed by atoms with Crippen LogP contribution in [0, 0.1) is 0 Å². The fourth-order valence-corrected chi connectivity index (χ4v) is 3.03. The number of fused-ring (bicyclic) bond motifs is 1. The summed E-state index contributed by atoms with van der Waals surface area (Å²) in [5.74, 6) is 0.330. The van der Waals surface area contributed by atoms with Crippen LogP contribution >= 0.6 is 11.6 Å². The van der Waals surface area contributed by atoms with Crippen LogP contribution in [-0.2, 0) is 9.47 Å². The number of aromatic nitrogens is 1. The average molecular weight is 383 g/mol. The molecule has 7 nitrogen and oxygen atoms in total. The van der Waals surface area contributed by atoms with Crippen LogP contribution in [0.2, 0.25) is 5.02 Å². The number of hydrogen-bond acceptors (Lipinski definition) is 6. The van der Waals surface area contributed by atoms with Gasteiger partial charge >= 0.3 is 6.09 Å². The molecule has 1 fully saturated rings. The third kappa shape index (κ3) is 3.88. The number of benzene rings is 1. The molecule has 2 aromatic rings. The predicted molar refractivity (Wildman–Crippen MR) is 96.4 cm³/mol. The predicted octanol–water partition coefficient (Wildman–Crippen LogP) is 4.23. The van der Waals surface area contributed by atoms with Gasteiger partial charge in [0.25, 0.3) is 5.88 Å². The molecular weight excluding hydrogens is 360 g/mol. The van der Waals surface area contributed by atoms with Crippen molar-refractivity contribution < 1.29 is 23.5 Å². The number of halogens is 1. The molecule has 0 N–H and O–H groups in total. The zero-order valence-electron chi connectivity index (χ0n) is 15.5. The Morgan fingerprint density at radius 2 is 2.15 bits per heavy atom. The van der Waals surface area contributed by atoms with Crippen molar-refractivity contribution in [1.82, 2.24) is 10.1 Å². The molecule has 0 bridgehead atoms. The summed E-state index contributed by atoms with van der Waals surface area (Å²) >= 11 is 6.02. The lowest BCUT2D eigenvalue weighted by Gasteiger charge is -2.34. The number of amides is 1. The van der Waals surface area contributed by atoms with Gasteiger partial charge in [-0.15, -0.1) is 0 Å². The molecule has 1 aliphatic rings. The van der Waals surface area contributed by atoms with Crippen molar-refractivity contribution in [3.05, 3.63) is 23.2 Å². The number of rotatable bonds is 3. The second-order valence-corrected chi connectivity index (χ2v) is 8.14. The molecule has 2 heterocycles. The van der Waals surface area contributed by atoms with E-state index in [9.17, 15) is 4.79 Å². The second-order valence-electron chi connectivity index (χ2n) is 7.70. The molecule has 0 aliphatic carbocycles. The van der Waals surface area contributed by atoms with E-state index in [1.54, 1.807) is 23.1 Å². The second kappa shape index (κ2) is 6.63. The van der Waals surface area contributed by atoms with Crippen LogP contribution in [0.4, 0.5) is 4.79 Å². The van der Waals surface area contributed by atoms with Crippen molar-refractivity contribution in [3.63, 3.8) is 0 Å². The molecule has 0 saturated carbocycles. The molecule has 3 rings (SSSR count). The summed E-state index contributed by atoms with van der Waals surface area (Å²) in [5, 5.41) is 5.17. The molecule has 1 aromatic carbocycles. The van der Waals surface area contributed by atoms with Crippen LogP contribution in [0.5, 0.6) is 5.88 Å². The van der Waals surface area contributed by atoms with E-state index in [0.717, 1.165) is 0 Å². The van der Waals surface area contributed by atoms with Crippen LogP contribution in [0.1, 0.15) is 34.6 Å². The van der Waals surface area contributed by atoms with Crippen LogP contribution in [0.15, 0.2) is 22.7 Å². The third-order valence-corrected chi connectivity index (χ3v) is 4.21. The highest BCUT2D eigenvalue weighted by Gasteiger charge is 2.46. The fraction of sp³-hybridized carbons (Fsp3) is 0.556. The minimum Gasteiger partial charge on any atom is -0.473 e. The molecule has 0 radical (unpaired) electrons. The molecule has 1 aliphatic heterocycles. The summed E-state index contributed by atoms with van der Waals surface area (Å²) in [7, 11) is 0. The lowest BCUT2D eigenvalue weighted by atomic mass is 10.2. The van der Waals surface area contributed by atoms with Crippen LogP contribution in [0.25, 0.3) is 11.0 Å². The molecule has 1 saturated heterocycles. The van der Waals surface area contributed by atoms with Gasteiger partial charge in [-0.25, -0.2) is 4.79 Å². The van der Waals surface area contributed by atoms with Crippen molar-refractivity contribution in [2.24, 2.45) is 0 Å². The van der Waals surface area contributed by atoms with E-state index in [1.807, 2.05) is 34.6 Å². The van der Waals surface area contributed by atoms with Gasteiger partial charge in [-0.2, -0.15) is 0 Å². The molecule has 142 valence electrons. The van der Waals surface area contributed by atoms with Gasteiger partial charge in [0, 0.05) is 5.02 Å². The Morgan fingerprint density at radius 3 is 2.85 bits per heavy atom. The molecular formula is C18H23ClN2O5. The van der Waals surface area contributed by atoms with E-state index in [2.05, 4.69) is 5.16 Å². The largest absolute Gasteiger partial charge is 0.473 e. The average Bonchev–Trinajstić information content (AvgIpc) is 3.03. The first-order valence-electron chi connectivity index (χ1n) is 8.41. The third-order valence-electron chi connectivity index (χ3n) is 3.98. The number of hydrogen-bond donors (Lipinski definition) is 0. The van der Waals surface area contributed by atoms with Gasteiger partial charge in [-0.1, -0.05) is 11.6 Å². The maximum absolute atomic E-state index is 12.6. The molecule has 1 atom stereocenters. The van der Waals surface area contributed by atoms with Gasteiger partial charge in [0.2, 0.25) is 0 Å². The molecule has 1 unspecified atom stereocenters. The maximum atomic E-state index is 12.6. The van der Waals surface area contributed by atoms with Gasteiger partial charge in [0.15, 0.2) is 5.58 Å². The number of nitrogens with zero attached hydrogens (tertiary/aromatic N) is 2. The molecule has 1 aromatic heterocycles. The summed E-state index contributed by atoms with van der Waals surface area (Å²) in [6.45, 7) is 9.65. The van der Waals surface area contributed by atoms with E-state index in [4.69, 9.17) is 30.3 Å². The standard InChI is InChI=1S/C18H23ClN2O5/c1-17(2,3)25-16(22)21-12(10-24-18(21,4)5)9-23-15-13-8-11(19)6-7-14(13)26-20-15/h6-8,12H,9-10H2,1-5H3. The van der Waals surface area contributed by atoms with Crippen LogP contribution < -0.4 is 4.74 Å². The van der Waals surface area contributed by atoms with Gasteiger partial charge in [-0.05, 0) is 58.0 Å². The Kier molecular flexibility index (Phi) is 4.79. The lowest BCUT2D eigenvalue weighted by molar-refractivity contribution is -0.0637. The smallest absolute Gasteiger partial charge is 0.413 e. The van der Waals surface area contributed by atoms with Crippen molar-refractivity contribution in [3.8, 4) is 5.88 Å². The zero-order valence-corrected chi connectivity index (χ0v) is 16.3. The van der Waals surface area contributed by atoms with Crippen LogP contribution in [-0.4, -0.2) is 46.7 Å². The van der Waals surface area contributed by atoms with Crippen molar-refractivity contribution in [1.29, 1.82) is 0 Å². The Hall–Kier alpha value is -1.99. The normalized spacial score (nSPS) is 19.8.